The van der Waals surface area contributed by atoms with Crippen molar-refractivity contribution in [3.05, 3.63) is 23.4 Å². The van der Waals surface area contributed by atoms with Gasteiger partial charge in [0.25, 0.3) is 0 Å². The highest BCUT2D eigenvalue weighted by Crippen LogP contribution is 2.16. The number of amides is 1. The Morgan fingerprint density at radius 3 is 2.95 bits per heavy atom. The van der Waals surface area contributed by atoms with Crippen LogP contribution in [0.1, 0.15) is 31.2 Å². The third-order valence-electron chi connectivity index (χ3n) is 3.98. The summed E-state index contributed by atoms with van der Waals surface area (Å²) in [6.07, 6.45) is 0.869. The Labute approximate surface area is 128 Å². The number of aromatic nitrogens is 4. The van der Waals surface area contributed by atoms with Gasteiger partial charge in [-0.2, -0.15) is 0 Å². The monoisotopic (exact) mass is 304 g/mol. The van der Waals surface area contributed by atoms with Crippen LogP contribution in [0.2, 0.25) is 0 Å². The van der Waals surface area contributed by atoms with E-state index in [0.717, 1.165) is 36.9 Å². The molecule has 0 fully saturated rings. The first-order valence-electron chi connectivity index (χ1n) is 7.47. The Kier molecular flexibility index (Phi) is 3.93. The van der Waals surface area contributed by atoms with E-state index in [4.69, 9.17) is 4.52 Å². The molecule has 3 heterocycles. The smallest absolute Gasteiger partial charge is 0.243 e. The maximum Gasteiger partial charge on any atom is 0.243 e. The van der Waals surface area contributed by atoms with Crippen LogP contribution in [0.25, 0.3) is 0 Å². The van der Waals surface area contributed by atoms with Crippen LogP contribution in [0.5, 0.6) is 0 Å². The molecular weight excluding hydrogens is 284 g/mol. The first kappa shape index (κ1) is 14.7. The van der Waals surface area contributed by atoms with Crippen LogP contribution in [-0.4, -0.2) is 43.3 Å². The summed E-state index contributed by atoms with van der Waals surface area (Å²) in [5.74, 6) is 2.18. The van der Waals surface area contributed by atoms with Crippen LogP contribution in [0.3, 0.4) is 0 Å². The van der Waals surface area contributed by atoms with Crippen LogP contribution >= 0.6 is 0 Å². The van der Waals surface area contributed by atoms with E-state index >= 15 is 0 Å². The number of hydrogen-bond acceptors (Lipinski definition) is 6. The molecule has 1 aliphatic rings. The first-order valence-corrected chi connectivity index (χ1v) is 7.47. The molecule has 0 bridgehead atoms. The predicted octanol–water partition coefficient (Wildman–Crippen LogP) is 0.980. The summed E-state index contributed by atoms with van der Waals surface area (Å²) in [7, 11) is 0. The second kappa shape index (κ2) is 5.88. The normalized spacial score (nSPS) is 16.3. The van der Waals surface area contributed by atoms with Gasteiger partial charge in [0.1, 0.15) is 11.6 Å². The molecule has 0 radical (unpaired) electrons. The molecule has 1 atom stereocenters. The lowest BCUT2D eigenvalue weighted by molar-refractivity contribution is -0.121. The Bertz CT molecular complexity index is 677. The number of anilines is 1. The van der Waals surface area contributed by atoms with Crippen LogP contribution in [0.4, 0.5) is 5.88 Å². The number of nitrogens with zero attached hydrogens (tertiary/aromatic N) is 5. The van der Waals surface area contributed by atoms with Gasteiger partial charge in [-0.05, 0) is 13.8 Å². The molecule has 2 aromatic heterocycles. The summed E-state index contributed by atoms with van der Waals surface area (Å²) in [5.41, 5.74) is 0.737. The SMILES string of the molecule is CCc1nnc2n1CCN([C@@H](C)C(=O)Nc1cc(C)no1)C2. The number of carbonyl (C=O) groups excluding carboxylic acids is 1. The van der Waals surface area contributed by atoms with E-state index in [2.05, 4.69) is 37.1 Å². The summed E-state index contributed by atoms with van der Waals surface area (Å²) in [4.78, 5) is 14.4. The zero-order valence-corrected chi connectivity index (χ0v) is 13.0. The fourth-order valence-corrected chi connectivity index (χ4v) is 2.64. The standard InChI is InChI=1S/C14H20N6O2/c1-4-11-16-17-12-8-19(5-6-20(11)12)10(3)14(21)15-13-7-9(2)18-22-13/h7,10H,4-6,8H2,1-3H3,(H,15,21)/t10-/m0/s1. The number of hydrogen-bond donors (Lipinski definition) is 1. The number of rotatable bonds is 4. The predicted molar refractivity (Wildman–Crippen MR) is 79.1 cm³/mol. The van der Waals surface area contributed by atoms with Gasteiger partial charge in [0.05, 0.1) is 18.3 Å². The zero-order chi connectivity index (χ0) is 15.7. The van der Waals surface area contributed by atoms with Crippen molar-refractivity contribution in [3.63, 3.8) is 0 Å². The van der Waals surface area contributed by atoms with E-state index in [-0.39, 0.29) is 11.9 Å². The quantitative estimate of drug-likeness (QED) is 0.905. The molecule has 8 heteroatoms. The summed E-state index contributed by atoms with van der Waals surface area (Å²) >= 11 is 0. The topological polar surface area (TPSA) is 89.1 Å². The van der Waals surface area contributed by atoms with Crippen molar-refractivity contribution in [3.8, 4) is 0 Å². The van der Waals surface area contributed by atoms with Crippen molar-refractivity contribution in [2.24, 2.45) is 0 Å². The summed E-state index contributed by atoms with van der Waals surface area (Å²) in [5, 5.41) is 14.9. The van der Waals surface area contributed by atoms with E-state index in [9.17, 15) is 4.79 Å². The number of nitrogens with one attached hydrogen (secondary N) is 1. The van der Waals surface area contributed by atoms with Crippen LogP contribution in [0.15, 0.2) is 10.6 Å². The molecule has 2 aromatic rings. The second-order valence-corrected chi connectivity index (χ2v) is 5.51. The molecule has 0 aliphatic carbocycles. The molecule has 8 nitrogen and oxygen atoms in total. The molecule has 0 saturated heterocycles. The van der Waals surface area contributed by atoms with Gasteiger partial charge in [0, 0.05) is 25.6 Å². The zero-order valence-electron chi connectivity index (χ0n) is 13.0. The molecule has 118 valence electrons. The average molecular weight is 304 g/mol. The lowest BCUT2D eigenvalue weighted by atomic mass is 10.2. The van der Waals surface area contributed by atoms with Crippen molar-refractivity contribution in [2.75, 3.05) is 11.9 Å². The minimum absolute atomic E-state index is 0.111. The van der Waals surface area contributed by atoms with Gasteiger partial charge in [-0.1, -0.05) is 12.1 Å². The van der Waals surface area contributed by atoms with Crippen LogP contribution in [0, 0.1) is 6.92 Å². The Morgan fingerprint density at radius 1 is 1.45 bits per heavy atom. The summed E-state index contributed by atoms with van der Waals surface area (Å²) < 4.78 is 7.16. The fraction of sp³-hybridized carbons (Fsp3) is 0.571. The highest BCUT2D eigenvalue weighted by Gasteiger charge is 2.28. The minimum atomic E-state index is -0.277. The molecule has 0 aromatic carbocycles. The van der Waals surface area contributed by atoms with E-state index in [1.165, 1.54) is 0 Å². The Hall–Kier alpha value is -2.22. The minimum Gasteiger partial charge on any atom is -0.338 e. The summed E-state index contributed by atoms with van der Waals surface area (Å²) in [6, 6.07) is 1.42. The average Bonchev–Trinajstić information content (AvgIpc) is 3.11. The van der Waals surface area contributed by atoms with Crippen molar-refractivity contribution < 1.29 is 9.32 Å². The van der Waals surface area contributed by atoms with Gasteiger partial charge in [0.15, 0.2) is 0 Å². The molecule has 0 unspecified atom stereocenters. The summed E-state index contributed by atoms with van der Waals surface area (Å²) in [6.45, 7) is 7.99. The van der Waals surface area contributed by atoms with E-state index in [1.807, 2.05) is 13.8 Å². The molecule has 0 spiro atoms. The van der Waals surface area contributed by atoms with Gasteiger partial charge in [0.2, 0.25) is 11.8 Å². The van der Waals surface area contributed by atoms with E-state index in [1.54, 1.807) is 6.07 Å². The molecule has 3 rings (SSSR count). The van der Waals surface area contributed by atoms with Gasteiger partial charge in [-0.15, -0.1) is 10.2 Å². The lowest BCUT2D eigenvalue weighted by Crippen LogP contribution is -2.46. The van der Waals surface area contributed by atoms with Gasteiger partial charge in [-0.25, -0.2) is 0 Å². The molecule has 1 aliphatic heterocycles. The van der Waals surface area contributed by atoms with Crippen molar-refractivity contribution >= 4 is 11.8 Å². The van der Waals surface area contributed by atoms with Crippen molar-refractivity contribution in [1.29, 1.82) is 0 Å². The fourth-order valence-electron chi connectivity index (χ4n) is 2.64. The van der Waals surface area contributed by atoms with Gasteiger partial charge >= 0.3 is 0 Å². The molecule has 22 heavy (non-hydrogen) atoms. The number of aryl methyl sites for hydroxylation is 2. The number of carbonyl (C=O) groups is 1. The van der Waals surface area contributed by atoms with Gasteiger partial charge in [-0.3, -0.25) is 15.0 Å². The van der Waals surface area contributed by atoms with Crippen LogP contribution in [-0.2, 0) is 24.3 Å². The molecular formula is C14H20N6O2. The third kappa shape index (κ3) is 2.74. The highest BCUT2D eigenvalue weighted by atomic mass is 16.5. The van der Waals surface area contributed by atoms with Crippen molar-refractivity contribution in [1.82, 2.24) is 24.8 Å². The number of fused-ring (bicyclic) bond motifs is 1. The lowest BCUT2D eigenvalue weighted by Gasteiger charge is -2.31. The van der Waals surface area contributed by atoms with Crippen LogP contribution < -0.4 is 5.32 Å². The van der Waals surface area contributed by atoms with E-state index in [0.29, 0.717) is 12.4 Å². The van der Waals surface area contributed by atoms with Gasteiger partial charge < -0.3 is 9.09 Å². The van der Waals surface area contributed by atoms with E-state index < -0.39 is 0 Å². The maximum absolute atomic E-state index is 12.3. The largest absolute Gasteiger partial charge is 0.338 e. The highest BCUT2D eigenvalue weighted by molar-refractivity contribution is 5.93. The first-order chi connectivity index (χ1) is 10.6. The Morgan fingerprint density at radius 2 is 2.27 bits per heavy atom. The molecule has 1 N–H and O–H groups in total. The molecule has 0 saturated carbocycles. The molecule has 1 amide bonds. The van der Waals surface area contributed by atoms with Crippen molar-refractivity contribution in [2.45, 2.75) is 46.3 Å². The Balaban J connectivity index is 1.65. The second-order valence-electron chi connectivity index (χ2n) is 5.51. The third-order valence-corrected chi connectivity index (χ3v) is 3.98. The maximum atomic E-state index is 12.3.